The summed E-state index contributed by atoms with van der Waals surface area (Å²) in [5.41, 5.74) is 1.66. The number of benzene rings is 1. The molecule has 2 rings (SSSR count). The highest BCUT2D eigenvalue weighted by Gasteiger charge is 2.24. The van der Waals surface area contributed by atoms with E-state index in [2.05, 4.69) is 17.1 Å². The van der Waals surface area contributed by atoms with E-state index in [1.54, 1.807) is 26.4 Å². The molecule has 0 spiro atoms. The third-order valence-corrected chi connectivity index (χ3v) is 4.84. The Bertz CT molecular complexity index is 668. The number of carbonyl (C=O) groups excluding carboxylic acids is 1. The molecule has 0 bridgehead atoms. The fraction of sp³-hybridized carbons (Fsp3) is 0.571. The van der Waals surface area contributed by atoms with Gasteiger partial charge in [-0.15, -0.1) is 0 Å². The van der Waals surface area contributed by atoms with Crippen LogP contribution < -0.4 is 19.5 Å². The molecule has 1 amide bonds. The standard InChI is InChI=1S/C21H32N2O4/c1-6-23-10-7-8-17(23)14-22-21(24)16-12-18(25-4)20(26-5)19(13-16)27-11-9-15(2)3/h9,12-13,17H,6-8,10-11,14H2,1-5H3,(H,22,24). The largest absolute Gasteiger partial charge is 0.493 e. The number of nitrogens with zero attached hydrogens (tertiary/aromatic N) is 1. The summed E-state index contributed by atoms with van der Waals surface area (Å²) in [6, 6.07) is 3.81. The first-order valence-electron chi connectivity index (χ1n) is 9.54. The van der Waals surface area contributed by atoms with Gasteiger partial charge in [0.05, 0.1) is 14.2 Å². The molecule has 0 radical (unpaired) electrons. The third-order valence-electron chi connectivity index (χ3n) is 4.84. The minimum atomic E-state index is -0.133. The van der Waals surface area contributed by atoms with Crippen LogP contribution in [0.1, 0.15) is 44.0 Å². The summed E-state index contributed by atoms with van der Waals surface area (Å²) in [5, 5.41) is 3.05. The molecule has 6 heteroatoms. The molecule has 1 N–H and O–H groups in total. The number of allylic oxidation sites excluding steroid dienone is 1. The molecule has 27 heavy (non-hydrogen) atoms. The molecule has 0 aliphatic carbocycles. The fourth-order valence-electron chi connectivity index (χ4n) is 3.32. The number of nitrogens with one attached hydrogen (secondary N) is 1. The molecule has 6 nitrogen and oxygen atoms in total. The number of likely N-dealkylation sites (tertiary alicyclic amines) is 1. The lowest BCUT2D eigenvalue weighted by atomic mass is 10.1. The van der Waals surface area contributed by atoms with Gasteiger partial charge in [0, 0.05) is 18.2 Å². The predicted molar refractivity (Wildman–Crippen MR) is 107 cm³/mol. The van der Waals surface area contributed by atoms with Crippen LogP contribution >= 0.6 is 0 Å². The van der Waals surface area contributed by atoms with Gasteiger partial charge in [0.1, 0.15) is 6.61 Å². The summed E-state index contributed by atoms with van der Waals surface area (Å²) in [6.07, 6.45) is 4.28. The number of rotatable bonds is 9. The van der Waals surface area contributed by atoms with Gasteiger partial charge in [-0.25, -0.2) is 0 Å². The first kappa shape index (κ1) is 21.1. The van der Waals surface area contributed by atoms with Crippen LogP contribution in [0.3, 0.4) is 0 Å². The van der Waals surface area contributed by atoms with Gasteiger partial charge < -0.3 is 19.5 Å². The summed E-state index contributed by atoms with van der Waals surface area (Å²) in [6.45, 7) is 9.34. The number of carbonyl (C=O) groups is 1. The summed E-state index contributed by atoms with van der Waals surface area (Å²) >= 11 is 0. The maximum atomic E-state index is 12.7. The lowest BCUT2D eigenvalue weighted by molar-refractivity contribution is 0.0940. The van der Waals surface area contributed by atoms with Crippen molar-refractivity contribution in [3.63, 3.8) is 0 Å². The second-order valence-corrected chi connectivity index (χ2v) is 6.94. The van der Waals surface area contributed by atoms with Gasteiger partial charge in [-0.2, -0.15) is 0 Å². The van der Waals surface area contributed by atoms with E-state index in [9.17, 15) is 4.79 Å². The van der Waals surface area contributed by atoms with E-state index < -0.39 is 0 Å². The highest BCUT2D eigenvalue weighted by Crippen LogP contribution is 2.38. The number of methoxy groups -OCH3 is 2. The Balaban J connectivity index is 2.14. The van der Waals surface area contributed by atoms with Gasteiger partial charge in [0.2, 0.25) is 5.75 Å². The zero-order chi connectivity index (χ0) is 19.8. The van der Waals surface area contributed by atoms with E-state index in [0.29, 0.717) is 42.0 Å². The molecular formula is C21H32N2O4. The second kappa shape index (κ2) is 10.2. The average molecular weight is 376 g/mol. The van der Waals surface area contributed by atoms with Gasteiger partial charge in [0.25, 0.3) is 5.91 Å². The Labute approximate surface area is 162 Å². The molecule has 1 fully saturated rings. The first-order chi connectivity index (χ1) is 13.0. The Hall–Kier alpha value is -2.21. The van der Waals surface area contributed by atoms with Crippen LogP contribution in [0, 0.1) is 0 Å². The number of likely N-dealkylation sites (N-methyl/N-ethyl adjacent to an activating group) is 1. The van der Waals surface area contributed by atoms with E-state index in [1.807, 2.05) is 19.9 Å². The SMILES string of the molecule is CCN1CCCC1CNC(=O)c1cc(OC)c(OC)c(OCC=C(C)C)c1. The third kappa shape index (κ3) is 5.63. The number of hydrogen-bond donors (Lipinski definition) is 1. The van der Waals surface area contributed by atoms with Crippen LogP contribution in [0.4, 0.5) is 0 Å². The molecular weight excluding hydrogens is 344 g/mol. The highest BCUT2D eigenvalue weighted by molar-refractivity contribution is 5.95. The van der Waals surface area contributed by atoms with Crippen molar-refractivity contribution in [3.8, 4) is 17.2 Å². The molecule has 1 aliphatic heterocycles. The lowest BCUT2D eigenvalue weighted by Crippen LogP contribution is -2.40. The molecule has 1 aromatic carbocycles. The predicted octanol–water partition coefficient (Wildman–Crippen LogP) is 3.26. The normalized spacial score (nSPS) is 16.7. The Morgan fingerprint density at radius 2 is 2.00 bits per heavy atom. The van der Waals surface area contributed by atoms with Crippen molar-refractivity contribution in [3.05, 3.63) is 29.3 Å². The summed E-state index contributed by atoms with van der Waals surface area (Å²) in [7, 11) is 3.11. The van der Waals surface area contributed by atoms with Gasteiger partial charge >= 0.3 is 0 Å². The molecule has 150 valence electrons. The average Bonchev–Trinajstić information content (AvgIpc) is 3.12. The molecule has 1 heterocycles. The lowest BCUT2D eigenvalue weighted by Gasteiger charge is -2.23. The van der Waals surface area contributed by atoms with E-state index in [4.69, 9.17) is 14.2 Å². The molecule has 1 aromatic rings. The molecule has 1 saturated heterocycles. The number of ether oxygens (including phenoxy) is 3. The van der Waals surface area contributed by atoms with Crippen LogP contribution in [0.5, 0.6) is 17.2 Å². The number of hydrogen-bond acceptors (Lipinski definition) is 5. The van der Waals surface area contributed by atoms with Crippen LogP contribution in [0.25, 0.3) is 0 Å². The molecule has 1 atom stereocenters. The Morgan fingerprint density at radius 3 is 2.63 bits per heavy atom. The smallest absolute Gasteiger partial charge is 0.251 e. The van der Waals surface area contributed by atoms with Crippen molar-refractivity contribution in [2.45, 2.75) is 39.7 Å². The van der Waals surface area contributed by atoms with Gasteiger partial charge in [-0.1, -0.05) is 12.5 Å². The Kier molecular flexibility index (Phi) is 7.98. The van der Waals surface area contributed by atoms with Crippen LogP contribution in [0.2, 0.25) is 0 Å². The van der Waals surface area contributed by atoms with E-state index >= 15 is 0 Å². The maximum Gasteiger partial charge on any atom is 0.251 e. The molecule has 0 aromatic heterocycles. The molecule has 1 unspecified atom stereocenters. The van der Waals surface area contributed by atoms with E-state index in [-0.39, 0.29) is 5.91 Å². The minimum Gasteiger partial charge on any atom is -0.493 e. The van der Waals surface area contributed by atoms with Crippen molar-refractivity contribution >= 4 is 5.91 Å². The van der Waals surface area contributed by atoms with Crippen molar-refractivity contribution in [2.24, 2.45) is 0 Å². The highest BCUT2D eigenvalue weighted by atomic mass is 16.5. The van der Waals surface area contributed by atoms with Crippen molar-refractivity contribution in [1.82, 2.24) is 10.2 Å². The topological polar surface area (TPSA) is 60.0 Å². The summed E-state index contributed by atoms with van der Waals surface area (Å²) in [5.74, 6) is 1.33. The summed E-state index contributed by atoms with van der Waals surface area (Å²) < 4.78 is 16.6. The van der Waals surface area contributed by atoms with Crippen molar-refractivity contribution in [1.29, 1.82) is 0 Å². The minimum absolute atomic E-state index is 0.133. The second-order valence-electron chi connectivity index (χ2n) is 6.94. The maximum absolute atomic E-state index is 12.7. The zero-order valence-electron chi connectivity index (χ0n) is 17.1. The Morgan fingerprint density at radius 1 is 1.26 bits per heavy atom. The van der Waals surface area contributed by atoms with Crippen molar-refractivity contribution in [2.75, 3.05) is 40.5 Å². The van der Waals surface area contributed by atoms with Gasteiger partial charge in [0.15, 0.2) is 11.5 Å². The van der Waals surface area contributed by atoms with Gasteiger partial charge in [-0.3, -0.25) is 9.69 Å². The van der Waals surface area contributed by atoms with Crippen LogP contribution in [-0.4, -0.2) is 57.3 Å². The molecule has 1 aliphatic rings. The summed E-state index contributed by atoms with van der Waals surface area (Å²) in [4.78, 5) is 15.1. The number of amides is 1. The molecule has 0 saturated carbocycles. The van der Waals surface area contributed by atoms with E-state index in [0.717, 1.165) is 25.1 Å². The monoisotopic (exact) mass is 376 g/mol. The fourth-order valence-corrected chi connectivity index (χ4v) is 3.32. The van der Waals surface area contributed by atoms with Crippen molar-refractivity contribution < 1.29 is 19.0 Å². The van der Waals surface area contributed by atoms with E-state index in [1.165, 1.54) is 6.42 Å². The van der Waals surface area contributed by atoms with Gasteiger partial charge in [-0.05, 0) is 58.0 Å². The first-order valence-corrected chi connectivity index (χ1v) is 9.54. The van der Waals surface area contributed by atoms with Crippen LogP contribution in [0.15, 0.2) is 23.8 Å². The van der Waals surface area contributed by atoms with Crippen LogP contribution in [-0.2, 0) is 0 Å². The quantitative estimate of drug-likeness (QED) is 0.671. The zero-order valence-corrected chi connectivity index (χ0v) is 17.1.